The molecule has 1 saturated heterocycles. The number of nitrogens with one attached hydrogen (secondary N) is 1. The minimum absolute atomic E-state index is 0.595. The summed E-state index contributed by atoms with van der Waals surface area (Å²) < 4.78 is 6.09. The van der Waals surface area contributed by atoms with Crippen LogP contribution in [0.2, 0.25) is 5.02 Å². The lowest BCUT2D eigenvalue weighted by atomic mass is 9.94. The van der Waals surface area contributed by atoms with Gasteiger partial charge in [0.15, 0.2) is 0 Å². The van der Waals surface area contributed by atoms with E-state index in [-0.39, 0.29) is 0 Å². The molecule has 0 amide bonds. The first-order valence-corrected chi connectivity index (χ1v) is 12.7. The zero-order chi connectivity index (χ0) is 24.7. The number of aryl methyl sites for hydroxylation is 1. The molecule has 0 unspecified atom stereocenters. The Kier molecular flexibility index (Phi) is 7.66. The number of halogens is 1. The molecule has 2 aromatic carbocycles. The number of imidazole rings is 1. The molecule has 1 aliphatic rings. The molecule has 1 N–H and O–H groups in total. The molecule has 5 nitrogen and oxygen atoms in total. The molecular weight excluding hydrogens is 468 g/mol. The van der Waals surface area contributed by atoms with Crippen LogP contribution in [-0.4, -0.2) is 46.1 Å². The first-order valence-electron chi connectivity index (χ1n) is 12.3. The van der Waals surface area contributed by atoms with Crippen LogP contribution in [-0.2, 0) is 0 Å². The normalized spacial score (nSPS) is 14.3. The van der Waals surface area contributed by atoms with Gasteiger partial charge in [0.05, 0.1) is 6.33 Å². The van der Waals surface area contributed by atoms with E-state index in [2.05, 4.69) is 44.7 Å². The van der Waals surface area contributed by atoms with Crippen LogP contribution in [0.1, 0.15) is 41.3 Å². The Bertz CT molecular complexity index is 1330. The maximum Gasteiger partial charge on any atom is 0.122 e. The highest BCUT2D eigenvalue weighted by Gasteiger charge is 2.21. The number of nitrogens with zero attached hydrogens (tertiary/aromatic N) is 3. The van der Waals surface area contributed by atoms with Gasteiger partial charge in [0.1, 0.15) is 18.1 Å². The smallest absolute Gasteiger partial charge is 0.122 e. The lowest BCUT2D eigenvalue weighted by molar-refractivity contribution is 0.172. The Morgan fingerprint density at radius 3 is 2.50 bits per heavy atom. The molecule has 0 spiro atoms. The zero-order valence-electron chi connectivity index (χ0n) is 20.4. The van der Waals surface area contributed by atoms with Gasteiger partial charge in [-0.3, -0.25) is 4.90 Å². The van der Waals surface area contributed by atoms with Crippen molar-refractivity contribution in [1.29, 1.82) is 0 Å². The summed E-state index contributed by atoms with van der Waals surface area (Å²) in [6.45, 7) is 5.87. The number of pyridine rings is 1. The molecule has 4 aromatic rings. The summed E-state index contributed by atoms with van der Waals surface area (Å²) in [5.41, 5.74) is 6.15. The number of likely N-dealkylation sites (tertiary alicyclic amines) is 1. The molecule has 1 aliphatic heterocycles. The van der Waals surface area contributed by atoms with E-state index in [1.807, 2.05) is 60.9 Å². The van der Waals surface area contributed by atoms with Crippen molar-refractivity contribution in [2.75, 3.05) is 26.2 Å². The van der Waals surface area contributed by atoms with Crippen LogP contribution in [0.15, 0.2) is 73.3 Å². The van der Waals surface area contributed by atoms with E-state index < -0.39 is 0 Å². The predicted octanol–water partition coefficient (Wildman–Crippen LogP) is 6.09. The number of hydrogen-bond acceptors (Lipinski definition) is 4. The van der Waals surface area contributed by atoms with Gasteiger partial charge in [0.25, 0.3) is 0 Å². The molecule has 0 radical (unpaired) electrons. The fraction of sp³-hybridized carbons (Fsp3) is 0.267. The van der Waals surface area contributed by atoms with Gasteiger partial charge < -0.3 is 9.72 Å². The van der Waals surface area contributed by atoms with Crippen LogP contribution < -0.4 is 4.74 Å². The molecule has 0 aliphatic carbocycles. The van der Waals surface area contributed by atoms with Gasteiger partial charge in [-0.2, -0.15) is 0 Å². The van der Waals surface area contributed by atoms with Crippen molar-refractivity contribution in [3.63, 3.8) is 0 Å². The number of benzene rings is 2. The highest BCUT2D eigenvalue weighted by molar-refractivity contribution is 6.30. The first-order chi connectivity index (χ1) is 17.6. The SMILES string of the molecule is Cc1cc(C#Cc2ccc(-c3ccc(Cl)cc3)cn2)ccc1OCCN1CCC(c2cnc[nH]2)CC1. The fourth-order valence-corrected chi connectivity index (χ4v) is 4.67. The monoisotopic (exact) mass is 496 g/mol. The Morgan fingerprint density at radius 2 is 1.81 bits per heavy atom. The number of hydrogen-bond donors (Lipinski definition) is 1. The Hall–Kier alpha value is -3.59. The van der Waals surface area contributed by atoms with Crippen molar-refractivity contribution in [2.24, 2.45) is 0 Å². The number of aromatic nitrogens is 3. The van der Waals surface area contributed by atoms with Crippen molar-refractivity contribution in [1.82, 2.24) is 19.9 Å². The molecule has 36 heavy (non-hydrogen) atoms. The number of rotatable bonds is 6. The summed E-state index contributed by atoms with van der Waals surface area (Å²) in [4.78, 5) is 14.4. The second-order valence-corrected chi connectivity index (χ2v) is 9.58. The third-order valence-corrected chi connectivity index (χ3v) is 6.91. The lowest BCUT2D eigenvalue weighted by Gasteiger charge is -2.31. The molecule has 2 aromatic heterocycles. The topological polar surface area (TPSA) is 54.0 Å². The third-order valence-electron chi connectivity index (χ3n) is 6.66. The van der Waals surface area contributed by atoms with Gasteiger partial charge in [0.2, 0.25) is 0 Å². The van der Waals surface area contributed by atoms with Gasteiger partial charge in [-0.05, 0) is 86.3 Å². The van der Waals surface area contributed by atoms with Gasteiger partial charge in [-0.1, -0.05) is 35.7 Å². The second kappa shape index (κ2) is 11.4. The molecule has 0 bridgehead atoms. The molecule has 0 saturated carbocycles. The quantitative estimate of drug-likeness (QED) is 0.328. The van der Waals surface area contributed by atoms with E-state index in [1.54, 1.807) is 6.33 Å². The fourth-order valence-electron chi connectivity index (χ4n) is 4.55. The standard InChI is InChI=1S/C30H29ClN4O/c1-22-18-23(2-9-28-10-6-26(19-33-28)24-4-7-27(31)8-5-24)3-11-30(22)36-17-16-35-14-12-25(13-15-35)29-20-32-21-34-29/h3-8,10-11,18-21,25H,12-17H2,1H3,(H,32,34). The third kappa shape index (κ3) is 6.15. The molecular formula is C30H29ClN4O. The van der Waals surface area contributed by atoms with Crippen molar-refractivity contribution in [3.8, 4) is 28.7 Å². The van der Waals surface area contributed by atoms with Crippen LogP contribution in [0.25, 0.3) is 11.1 Å². The summed E-state index contributed by atoms with van der Waals surface area (Å²) in [5.74, 6) is 7.89. The van der Waals surface area contributed by atoms with E-state index >= 15 is 0 Å². The van der Waals surface area contributed by atoms with E-state index in [0.717, 1.165) is 71.2 Å². The summed E-state index contributed by atoms with van der Waals surface area (Å²) in [6.07, 6.45) is 7.89. The molecule has 6 heteroatoms. The maximum atomic E-state index is 6.09. The number of ether oxygens (including phenoxy) is 1. The average molecular weight is 497 g/mol. The molecule has 1 fully saturated rings. The zero-order valence-corrected chi connectivity index (χ0v) is 21.1. The molecule has 5 rings (SSSR count). The van der Waals surface area contributed by atoms with Gasteiger partial charge in [-0.15, -0.1) is 0 Å². The second-order valence-electron chi connectivity index (χ2n) is 9.14. The van der Waals surface area contributed by atoms with Crippen LogP contribution in [0.4, 0.5) is 0 Å². The highest BCUT2D eigenvalue weighted by Crippen LogP contribution is 2.26. The summed E-state index contributed by atoms with van der Waals surface area (Å²) in [6, 6.07) is 17.8. The minimum Gasteiger partial charge on any atom is -0.492 e. The largest absolute Gasteiger partial charge is 0.492 e. The van der Waals surface area contributed by atoms with E-state index in [4.69, 9.17) is 16.3 Å². The minimum atomic E-state index is 0.595. The summed E-state index contributed by atoms with van der Waals surface area (Å²) in [7, 11) is 0. The van der Waals surface area contributed by atoms with Crippen molar-refractivity contribution >= 4 is 11.6 Å². The Morgan fingerprint density at radius 1 is 1.00 bits per heavy atom. The van der Waals surface area contributed by atoms with E-state index in [0.29, 0.717) is 12.5 Å². The van der Waals surface area contributed by atoms with Crippen molar-refractivity contribution in [2.45, 2.75) is 25.7 Å². The summed E-state index contributed by atoms with van der Waals surface area (Å²) in [5, 5.41) is 0.725. The van der Waals surface area contributed by atoms with Crippen molar-refractivity contribution < 1.29 is 4.74 Å². The number of piperidine rings is 1. The van der Waals surface area contributed by atoms with Crippen LogP contribution >= 0.6 is 11.6 Å². The van der Waals surface area contributed by atoms with Gasteiger partial charge in [-0.25, -0.2) is 9.97 Å². The Balaban J connectivity index is 1.11. The molecule has 182 valence electrons. The van der Waals surface area contributed by atoms with Crippen LogP contribution in [0.5, 0.6) is 5.75 Å². The number of aromatic amines is 1. The average Bonchev–Trinajstić information content (AvgIpc) is 3.45. The van der Waals surface area contributed by atoms with Crippen LogP contribution in [0, 0.1) is 18.8 Å². The van der Waals surface area contributed by atoms with E-state index in [9.17, 15) is 0 Å². The van der Waals surface area contributed by atoms with Crippen LogP contribution in [0.3, 0.4) is 0 Å². The Labute approximate surface area is 217 Å². The lowest BCUT2D eigenvalue weighted by Crippen LogP contribution is -2.36. The molecule has 0 atom stereocenters. The van der Waals surface area contributed by atoms with E-state index in [1.165, 1.54) is 5.69 Å². The number of H-pyrrole nitrogens is 1. The van der Waals surface area contributed by atoms with Gasteiger partial charge in [0, 0.05) is 46.7 Å². The van der Waals surface area contributed by atoms with Gasteiger partial charge >= 0.3 is 0 Å². The highest BCUT2D eigenvalue weighted by atomic mass is 35.5. The predicted molar refractivity (Wildman–Crippen MR) is 144 cm³/mol. The summed E-state index contributed by atoms with van der Waals surface area (Å²) >= 11 is 5.97. The van der Waals surface area contributed by atoms with Crippen molar-refractivity contribution in [3.05, 3.63) is 101 Å². The maximum absolute atomic E-state index is 6.09. The molecule has 3 heterocycles. The first kappa shape index (κ1) is 24.1.